The lowest BCUT2D eigenvalue weighted by atomic mass is 9.97. The van der Waals surface area contributed by atoms with Gasteiger partial charge in [0.1, 0.15) is 0 Å². The Morgan fingerprint density at radius 2 is 2.25 bits per heavy atom. The van der Waals surface area contributed by atoms with Gasteiger partial charge in [-0.1, -0.05) is 6.07 Å². The van der Waals surface area contributed by atoms with Gasteiger partial charge in [-0.05, 0) is 42.2 Å². The quantitative estimate of drug-likeness (QED) is 0.900. The van der Waals surface area contributed by atoms with Crippen molar-refractivity contribution >= 4 is 5.95 Å². The second-order valence-corrected chi connectivity index (χ2v) is 6.41. The third kappa shape index (κ3) is 3.62. The molecule has 0 amide bonds. The summed E-state index contributed by atoms with van der Waals surface area (Å²) in [6.07, 6.45) is 2.16. The number of phenolic OH excluding ortho intramolecular Hbond substituents is 1. The van der Waals surface area contributed by atoms with Gasteiger partial charge in [-0.3, -0.25) is 4.90 Å². The first-order chi connectivity index (χ1) is 11.6. The normalized spacial score (nSPS) is 18.5. The van der Waals surface area contributed by atoms with Crippen LogP contribution in [-0.4, -0.2) is 54.4 Å². The van der Waals surface area contributed by atoms with Crippen LogP contribution < -0.4 is 9.64 Å². The van der Waals surface area contributed by atoms with Crippen LogP contribution >= 0.6 is 0 Å². The van der Waals surface area contributed by atoms with Crippen molar-refractivity contribution in [3.63, 3.8) is 0 Å². The van der Waals surface area contributed by atoms with Gasteiger partial charge in [0.05, 0.1) is 13.0 Å². The molecule has 1 fully saturated rings. The summed E-state index contributed by atoms with van der Waals surface area (Å²) in [7, 11) is 5.37. The molecule has 130 valence electrons. The van der Waals surface area contributed by atoms with Gasteiger partial charge in [0.25, 0.3) is 5.95 Å². The van der Waals surface area contributed by atoms with Gasteiger partial charge < -0.3 is 19.3 Å². The highest BCUT2D eigenvalue weighted by Gasteiger charge is 2.26. The first kappa shape index (κ1) is 16.6. The number of ether oxygens (including phenoxy) is 1. The van der Waals surface area contributed by atoms with Gasteiger partial charge >= 0.3 is 0 Å². The van der Waals surface area contributed by atoms with Crippen molar-refractivity contribution in [2.75, 3.05) is 39.2 Å². The SMILES string of the molecule is COc1cc(CN2CCC[C@@H](c3nc(N(C)C)no3)C2)ccc1O. The largest absolute Gasteiger partial charge is 0.504 e. The molecule has 1 aromatic carbocycles. The number of aromatic nitrogens is 2. The average molecular weight is 332 g/mol. The smallest absolute Gasteiger partial charge is 0.265 e. The van der Waals surface area contributed by atoms with Crippen LogP contribution in [0.5, 0.6) is 11.5 Å². The summed E-state index contributed by atoms with van der Waals surface area (Å²) in [6, 6.07) is 5.49. The Labute approximate surface area is 141 Å². The molecule has 0 spiro atoms. The Morgan fingerprint density at radius 1 is 1.42 bits per heavy atom. The molecule has 3 rings (SSSR count). The van der Waals surface area contributed by atoms with Gasteiger partial charge in [0.15, 0.2) is 11.5 Å². The van der Waals surface area contributed by atoms with E-state index in [0.717, 1.165) is 38.0 Å². The standard InChI is InChI=1S/C17H24N4O3/c1-20(2)17-18-16(24-19-17)13-5-4-8-21(11-13)10-12-6-7-14(22)15(9-12)23-3/h6-7,9,13,22H,4-5,8,10-11H2,1-3H3/t13-/m1/s1. The molecule has 1 atom stereocenters. The van der Waals surface area contributed by atoms with E-state index in [2.05, 4.69) is 15.0 Å². The molecule has 2 heterocycles. The maximum atomic E-state index is 9.71. The summed E-state index contributed by atoms with van der Waals surface area (Å²) in [4.78, 5) is 8.70. The van der Waals surface area contributed by atoms with E-state index < -0.39 is 0 Å². The van der Waals surface area contributed by atoms with Crippen LogP contribution in [0.4, 0.5) is 5.95 Å². The van der Waals surface area contributed by atoms with Crippen molar-refractivity contribution in [1.82, 2.24) is 15.0 Å². The number of methoxy groups -OCH3 is 1. The number of aromatic hydroxyl groups is 1. The van der Waals surface area contributed by atoms with Gasteiger partial charge in [-0.2, -0.15) is 4.98 Å². The van der Waals surface area contributed by atoms with Crippen molar-refractivity contribution in [2.45, 2.75) is 25.3 Å². The Morgan fingerprint density at radius 3 is 2.96 bits per heavy atom. The van der Waals surface area contributed by atoms with E-state index in [-0.39, 0.29) is 11.7 Å². The van der Waals surface area contributed by atoms with Crippen LogP contribution in [0, 0.1) is 0 Å². The fourth-order valence-electron chi connectivity index (χ4n) is 3.05. The molecule has 0 bridgehead atoms. The van der Waals surface area contributed by atoms with Crippen molar-refractivity contribution in [1.29, 1.82) is 0 Å². The highest BCUT2D eigenvalue weighted by molar-refractivity contribution is 5.41. The molecule has 0 unspecified atom stereocenters. The Kier molecular flexibility index (Phi) is 4.89. The minimum atomic E-state index is 0.167. The minimum Gasteiger partial charge on any atom is -0.504 e. The minimum absolute atomic E-state index is 0.167. The van der Waals surface area contributed by atoms with Crippen molar-refractivity contribution in [3.05, 3.63) is 29.7 Å². The number of rotatable bonds is 5. The van der Waals surface area contributed by atoms with E-state index in [4.69, 9.17) is 9.26 Å². The zero-order valence-corrected chi connectivity index (χ0v) is 14.4. The second kappa shape index (κ2) is 7.09. The molecule has 1 aliphatic heterocycles. The molecule has 7 nitrogen and oxygen atoms in total. The number of hydrogen-bond donors (Lipinski definition) is 1. The predicted octanol–water partition coefficient (Wildman–Crippen LogP) is 2.23. The molecule has 0 radical (unpaired) electrons. The molecular weight excluding hydrogens is 308 g/mol. The van der Waals surface area contributed by atoms with Crippen LogP contribution in [0.25, 0.3) is 0 Å². The number of hydrogen-bond acceptors (Lipinski definition) is 7. The molecule has 1 N–H and O–H groups in total. The summed E-state index contributed by atoms with van der Waals surface area (Å²) in [6.45, 7) is 2.73. The maximum absolute atomic E-state index is 9.71. The molecule has 1 aromatic heterocycles. The summed E-state index contributed by atoms with van der Waals surface area (Å²) >= 11 is 0. The molecular formula is C17H24N4O3. The lowest BCUT2D eigenvalue weighted by Gasteiger charge is -2.31. The number of likely N-dealkylation sites (tertiary alicyclic amines) is 1. The van der Waals surface area contributed by atoms with Crippen molar-refractivity contribution < 1.29 is 14.4 Å². The number of benzene rings is 1. The Bertz CT molecular complexity index is 686. The third-order valence-electron chi connectivity index (χ3n) is 4.34. The molecule has 1 aliphatic rings. The molecule has 7 heteroatoms. The van der Waals surface area contributed by atoms with E-state index in [1.54, 1.807) is 13.2 Å². The molecule has 0 aliphatic carbocycles. The number of phenols is 1. The van der Waals surface area contributed by atoms with E-state index >= 15 is 0 Å². The fraction of sp³-hybridized carbons (Fsp3) is 0.529. The van der Waals surface area contributed by atoms with Crippen LogP contribution in [0.3, 0.4) is 0 Å². The van der Waals surface area contributed by atoms with E-state index in [1.807, 2.05) is 31.1 Å². The number of piperidine rings is 1. The lowest BCUT2D eigenvalue weighted by Crippen LogP contribution is -2.34. The maximum Gasteiger partial charge on any atom is 0.265 e. The molecule has 1 saturated heterocycles. The van der Waals surface area contributed by atoms with E-state index in [0.29, 0.717) is 17.6 Å². The van der Waals surface area contributed by atoms with E-state index in [9.17, 15) is 5.11 Å². The second-order valence-electron chi connectivity index (χ2n) is 6.41. The average Bonchev–Trinajstić information content (AvgIpc) is 3.07. The number of nitrogens with zero attached hydrogens (tertiary/aromatic N) is 4. The molecule has 2 aromatic rings. The van der Waals surface area contributed by atoms with Crippen LogP contribution in [0.15, 0.2) is 22.7 Å². The summed E-state index contributed by atoms with van der Waals surface area (Å²) in [5, 5.41) is 13.7. The predicted molar refractivity (Wildman–Crippen MR) is 90.5 cm³/mol. The topological polar surface area (TPSA) is 74.9 Å². The summed E-state index contributed by atoms with van der Waals surface area (Å²) in [5.41, 5.74) is 1.12. The first-order valence-corrected chi connectivity index (χ1v) is 8.16. The van der Waals surface area contributed by atoms with Crippen LogP contribution in [0.2, 0.25) is 0 Å². The first-order valence-electron chi connectivity index (χ1n) is 8.16. The van der Waals surface area contributed by atoms with Crippen LogP contribution in [-0.2, 0) is 6.54 Å². The van der Waals surface area contributed by atoms with Gasteiger partial charge in [0.2, 0.25) is 5.89 Å². The third-order valence-corrected chi connectivity index (χ3v) is 4.34. The van der Waals surface area contributed by atoms with Gasteiger partial charge in [-0.25, -0.2) is 0 Å². The lowest BCUT2D eigenvalue weighted by molar-refractivity contribution is 0.180. The number of anilines is 1. The zero-order chi connectivity index (χ0) is 17.1. The summed E-state index contributed by atoms with van der Waals surface area (Å²) < 4.78 is 10.6. The van der Waals surface area contributed by atoms with E-state index in [1.165, 1.54) is 0 Å². The highest BCUT2D eigenvalue weighted by Crippen LogP contribution is 2.30. The molecule has 0 saturated carbocycles. The van der Waals surface area contributed by atoms with Crippen molar-refractivity contribution in [2.24, 2.45) is 0 Å². The van der Waals surface area contributed by atoms with Gasteiger partial charge in [0, 0.05) is 27.2 Å². The Balaban J connectivity index is 1.67. The van der Waals surface area contributed by atoms with Crippen LogP contribution in [0.1, 0.15) is 30.2 Å². The zero-order valence-electron chi connectivity index (χ0n) is 14.4. The summed E-state index contributed by atoms with van der Waals surface area (Å²) in [5.74, 6) is 2.27. The fourth-order valence-corrected chi connectivity index (χ4v) is 3.05. The monoisotopic (exact) mass is 332 g/mol. The Hall–Kier alpha value is -2.28. The van der Waals surface area contributed by atoms with Gasteiger partial charge in [-0.15, -0.1) is 0 Å². The molecule has 24 heavy (non-hydrogen) atoms. The van der Waals surface area contributed by atoms with Crippen molar-refractivity contribution in [3.8, 4) is 11.5 Å². The highest BCUT2D eigenvalue weighted by atomic mass is 16.5.